The molecule has 0 radical (unpaired) electrons. The molecule has 0 aliphatic carbocycles. The lowest BCUT2D eigenvalue weighted by atomic mass is 9.91. The van der Waals surface area contributed by atoms with E-state index in [9.17, 15) is 14.7 Å². The SMILES string of the molecule is COC(=O)Nc1ccc2c(c1)NC(O)C(C)CCC[C@H](N1CCc3nn(-c4cccc(Cl)c4)cc3C1=O)c1cc-2cnc1F. The number of hydrogen-bond donors (Lipinski definition) is 3. The van der Waals surface area contributed by atoms with Crippen molar-refractivity contribution in [2.75, 3.05) is 24.3 Å². The third kappa shape index (κ3) is 5.85. The number of benzene rings is 2. The summed E-state index contributed by atoms with van der Waals surface area (Å²) in [7, 11) is 1.27. The molecular formula is C32H32ClFN6O4. The first kappa shape index (κ1) is 29.6. The monoisotopic (exact) mass is 618 g/mol. The molecule has 2 aromatic heterocycles. The second-order valence-corrected chi connectivity index (χ2v) is 11.6. The number of anilines is 2. The van der Waals surface area contributed by atoms with Crippen molar-refractivity contribution < 1.29 is 23.8 Å². The normalized spacial score (nSPS) is 20.0. The fourth-order valence-electron chi connectivity index (χ4n) is 5.88. The lowest BCUT2D eigenvalue weighted by molar-refractivity contribution is 0.0633. The number of hydrogen-bond acceptors (Lipinski definition) is 7. The summed E-state index contributed by atoms with van der Waals surface area (Å²) in [6.07, 6.45) is 3.85. The topological polar surface area (TPSA) is 122 Å². The quantitative estimate of drug-likeness (QED) is 0.234. The van der Waals surface area contributed by atoms with E-state index in [-0.39, 0.29) is 11.8 Å². The number of carbonyl (C=O) groups excluding carboxylic acids is 2. The van der Waals surface area contributed by atoms with Crippen LogP contribution in [0.15, 0.2) is 60.9 Å². The fraction of sp³-hybridized carbons (Fsp3) is 0.312. The van der Waals surface area contributed by atoms with Gasteiger partial charge in [0.1, 0.15) is 6.23 Å². The predicted octanol–water partition coefficient (Wildman–Crippen LogP) is 6.20. The minimum atomic E-state index is -0.899. The average Bonchev–Trinajstić information content (AvgIpc) is 3.46. The zero-order valence-electron chi connectivity index (χ0n) is 24.3. The van der Waals surface area contributed by atoms with Gasteiger partial charge >= 0.3 is 6.09 Å². The molecule has 12 heteroatoms. The predicted molar refractivity (Wildman–Crippen MR) is 164 cm³/mol. The number of nitrogens with zero attached hydrogens (tertiary/aromatic N) is 4. The van der Waals surface area contributed by atoms with E-state index in [1.807, 2.05) is 19.1 Å². The summed E-state index contributed by atoms with van der Waals surface area (Å²) in [5.41, 5.74) is 4.43. The number of fused-ring (bicyclic) bond motifs is 5. The number of nitrogens with one attached hydrogen (secondary N) is 2. The molecule has 2 amide bonds. The van der Waals surface area contributed by atoms with Gasteiger partial charge in [-0.1, -0.05) is 37.1 Å². The number of carbonyl (C=O) groups is 2. The van der Waals surface area contributed by atoms with Gasteiger partial charge in [0, 0.05) is 64.4 Å². The van der Waals surface area contributed by atoms with Crippen molar-refractivity contribution in [3.05, 3.63) is 88.7 Å². The smallest absolute Gasteiger partial charge is 0.411 e. The first-order valence-corrected chi connectivity index (χ1v) is 14.8. The lowest BCUT2D eigenvalue weighted by Gasteiger charge is -2.35. The first-order valence-electron chi connectivity index (χ1n) is 14.5. The van der Waals surface area contributed by atoms with Gasteiger partial charge in [-0.3, -0.25) is 10.1 Å². The zero-order valence-corrected chi connectivity index (χ0v) is 25.0. The zero-order chi connectivity index (χ0) is 31.0. The van der Waals surface area contributed by atoms with E-state index in [1.54, 1.807) is 52.2 Å². The molecule has 4 aromatic rings. The van der Waals surface area contributed by atoms with E-state index in [0.717, 1.165) is 5.69 Å². The highest BCUT2D eigenvalue weighted by Crippen LogP contribution is 2.38. The molecule has 10 nitrogen and oxygen atoms in total. The molecule has 2 unspecified atom stereocenters. The maximum absolute atomic E-state index is 15.6. The van der Waals surface area contributed by atoms with Gasteiger partial charge in [-0.2, -0.15) is 9.49 Å². The third-order valence-electron chi connectivity index (χ3n) is 8.29. The molecule has 4 heterocycles. The molecule has 2 aromatic carbocycles. The van der Waals surface area contributed by atoms with Crippen molar-refractivity contribution in [2.45, 2.75) is 44.9 Å². The van der Waals surface area contributed by atoms with E-state index in [2.05, 4.69) is 20.7 Å². The Morgan fingerprint density at radius 1 is 1.18 bits per heavy atom. The summed E-state index contributed by atoms with van der Waals surface area (Å²) < 4.78 is 22.0. The minimum Gasteiger partial charge on any atom is -0.453 e. The molecule has 3 atom stereocenters. The van der Waals surface area contributed by atoms with Gasteiger partial charge in [0.2, 0.25) is 5.95 Å². The second-order valence-electron chi connectivity index (χ2n) is 11.2. The summed E-state index contributed by atoms with van der Waals surface area (Å²) in [6, 6.07) is 13.5. The molecule has 0 fully saturated rings. The highest BCUT2D eigenvalue weighted by atomic mass is 35.5. The Hall–Kier alpha value is -4.48. The van der Waals surface area contributed by atoms with Gasteiger partial charge in [-0.15, -0.1) is 0 Å². The Bertz CT molecular complexity index is 1730. The maximum Gasteiger partial charge on any atom is 0.411 e. The van der Waals surface area contributed by atoms with Gasteiger partial charge in [0.15, 0.2) is 0 Å². The summed E-state index contributed by atoms with van der Waals surface area (Å²) in [4.78, 5) is 31.6. The highest BCUT2D eigenvalue weighted by Gasteiger charge is 2.35. The van der Waals surface area contributed by atoms with Gasteiger partial charge in [-0.05, 0) is 49.2 Å². The van der Waals surface area contributed by atoms with Crippen molar-refractivity contribution in [2.24, 2.45) is 5.92 Å². The number of aromatic nitrogens is 3. The van der Waals surface area contributed by atoms with Crippen molar-refractivity contribution in [3.63, 3.8) is 0 Å². The number of pyridine rings is 1. The second kappa shape index (κ2) is 12.3. The largest absolute Gasteiger partial charge is 0.453 e. The minimum absolute atomic E-state index is 0.166. The van der Waals surface area contributed by atoms with E-state index in [1.165, 1.54) is 13.3 Å². The fourth-order valence-corrected chi connectivity index (χ4v) is 6.07. The standard InChI is InChI=1S/C32H32ClFN6O4/c1-18-5-3-8-28(39-12-11-26-25(31(39)42)17-40(38-26)22-7-4-6-20(33)14-22)24-13-19(16-35-29(24)34)23-10-9-21(36-32(43)44-2)15-27(23)37-30(18)41/h4,6-7,9-10,13-18,28,30,37,41H,3,5,8,11-12H2,1-2H3,(H,36,43)/t18?,28-,30?/m0/s1. The molecule has 0 spiro atoms. The Balaban J connectivity index is 1.39. The highest BCUT2D eigenvalue weighted by molar-refractivity contribution is 6.30. The summed E-state index contributed by atoms with van der Waals surface area (Å²) in [5, 5.41) is 22.0. The maximum atomic E-state index is 15.6. The van der Waals surface area contributed by atoms with E-state index in [4.69, 9.17) is 16.3 Å². The number of halogens is 2. The summed E-state index contributed by atoms with van der Waals surface area (Å²) in [5.74, 6) is -1.04. The number of aliphatic hydroxyl groups excluding tert-OH is 1. The molecular weight excluding hydrogens is 587 g/mol. The molecule has 2 bridgehead atoms. The molecule has 0 saturated heterocycles. The van der Waals surface area contributed by atoms with Crippen LogP contribution in [0.3, 0.4) is 0 Å². The van der Waals surface area contributed by atoms with E-state index >= 15 is 4.39 Å². The average molecular weight is 619 g/mol. The van der Waals surface area contributed by atoms with Crippen LogP contribution < -0.4 is 10.6 Å². The Morgan fingerprint density at radius 2 is 2.02 bits per heavy atom. The molecule has 2 aliphatic heterocycles. The Kier molecular flexibility index (Phi) is 8.24. The van der Waals surface area contributed by atoms with Crippen molar-refractivity contribution in [1.82, 2.24) is 19.7 Å². The van der Waals surface area contributed by atoms with Crippen molar-refractivity contribution >= 4 is 35.0 Å². The van der Waals surface area contributed by atoms with Crippen LogP contribution in [0, 0.1) is 11.9 Å². The van der Waals surface area contributed by atoms with Crippen LogP contribution in [0.25, 0.3) is 16.8 Å². The van der Waals surface area contributed by atoms with Crippen LogP contribution in [0.2, 0.25) is 5.02 Å². The first-order chi connectivity index (χ1) is 21.2. The van der Waals surface area contributed by atoms with Crippen molar-refractivity contribution in [3.8, 4) is 16.8 Å². The summed E-state index contributed by atoms with van der Waals surface area (Å²) in [6.45, 7) is 2.30. The molecule has 6 rings (SSSR count). The van der Waals surface area contributed by atoms with Gasteiger partial charge in [0.25, 0.3) is 5.91 Å². The van der Waals surface area contributed by atoms with Crippen LogP contribution in [0.1, 0.15) is 53.8 Å². The number of rotatable bonds is 3. The van der Waals surface area contributed by atoms with Gasteiger partial charge < -0.3 is 20.1 Å². The lowest BCUT2D eigenvalue weighted by Crippen LogP contribution is -2.40. The van der Waals surface area contributed by atoms with Crippen LogP contribution in [0.5, 0.6) is 0 Å². The van der Waals surface area contributed by atoms with Gasteiger partial charge in [-0.25, -0.2) is 14.5 Å². The number of amides is 2. The number of methoxy groups -OCH3 is 1. The van der Waals surface area contributed by atoms with Gasteiger partial charge in [0.05, 0.1) is 30.1 Å². The van der Waals surface area contributed by atoms with Crippen LogP contribution in [-0.2, 0) is 11.2 Å². The van der Waals surface area contributed by atoms with E-state index in [0.29, 0.717) is 76.6 Å². The molecule has 228 valence electrons. The molecule has 2 aliphatic rings. The number of aliphatic hydroxyl groups is 1. The van der Waals surface area contributed by atoms with Crippen LogP contribution in [0.4, 0.5) is 20.6 Å². The molecule has 0 saturated carbocycles. The third-order valence-corrected chi connectivity index (χ3v) is 8.52. The van der Waals surface area contributed by atoms with Crippen LogP contribution in [-0.4, -0.2) is 56.7 Å². The van der Waals surface area contributed by atoms with E-state index < -0.39 is 24.3 Å². The Morgan fingerprint density at radius 3 is 2.82 bits per heavy atom. The molecule has 44 heavy (non-hydrogen) atoms. The van der Waals surface area contributed by atoms with Crippen molar-refractivity contribution in [1.29, 1.82) is 0 Å². The van der Waals surface area contributed by atoms with Crippen LogP contribution >= 0.6 is 11.6 Å². The number of ether oxygens (including phenoxy) is 1. The summed E-state index contributed by atoms with van der Waals surface area (Å²) >= 11 is 6.18. The Labute approximate surface area is 258 Å². The molecule has 3 N–H and O–H groups in total.